The number of amides is 1. The lowest BCUT2D eigenvalue weighted by Gasteiger charge is -2.30. The standard InChI is InChI=1S/C61H101N2O7P/c1-7-10-13-16-19-22-25-27-29-31-33-35-38-41-44-47-50-53-60(64)62-58(57-69-71(66,67)68-56-55-63(4,5)6)59(52-49-46-43-40-37-24-21-18-15-12-9-3)70-61(65)54-51-48-45-42-39-36-34-32-30-28-26-23-20-17-14-11-8-2/h10,13,16,19-20,22-23,25,27-31,33-36,38,42,45,49,52,58-59H,7-9,11-12,14-15,17-18,21,24,26,32,37,39-41,43-44,46-48,50-51,53-57H2,1-6H3,(H-,62,64,66,67)/b13-10-,19-16+,23-20-,25-22+,29-27-,30-28-,33-31+,36-34-,38-35+,45-42-,52-49+. The number of allylic oxidation sites excluding steroid dienone is 21. The molecule has 3 atom stereocenters. The van der Waals surface area contributed by atoms with E-state index in [0.717, 1.165) is 70.6 Å². The van der Waals surface area contributed by atoms with E-state index in [4.69, 9.17) is 13.8 Å². The summed E-state index contributed by atoms with van der Waals surface area (Å²) in [5.74, 6) is -0.673. The molecule has 0 spiro atoms. The second-order valence-electron chi connectivity index (χ2n) is 19.1. The SMILES string of the molecule is CC\C=C/C=C/C=C/C=C\C=C\C=C\CCCCCC(=O)NC(COP(=O)([O-])OCC[N+](C)(C)C)C(/C=C/CCCCCCCCCCC)OC(=O)CCC/C=C\C/C=C\C/C=C\C/C=C\CCCCC. The molecule has 0 saturated carbocycles. The van der Waals surface area contributed by atoms with E-state index < -0.39 is 32.5 Å². The van der Waals surface area contributed by atoms with Gasteiger partial charge in [0.25, 0.3) is 7.82 Å². The summed E-state index contributed by atoms with van der Waals surface area (Å²) in [7, 11) is 1.10. The highest BCUT2D eigenvalue weighted by Gasteiger charge is 2.27. The highest BCUT2D eigenvalue weighted by atomic mass is 31.2. The fourth-order valence-corrected chi connectivity index (χ4v) is 7.68. The first-order valence-corrected chi connectivity index (χ1v) is 29.0. The summed E-state index contributed by atoms with van der Waals surface area (Å²) < 4.78 is 30.1. The number of unbranched alkanes of at least 4 members (excludes halogenated alkanes) is 16. The zero-order valence-corrected chi connectivity index (χ0v) is 46.5. The van der Waals surface area contributed by atoms with Gasteiger partial charge in [0.15, 0.2) is 0 Å². The summed E-state index contributed by atoms with van der Waals surface area (Å²) in [5.41, 5.74) is 0. The molecular formula is C61H101N2O7P. The van der Waals surface area contributed by atoms with Gasteiger partial charge in [0, 0.05) is 12.8 Å². The van der Waals surface area contributed by atoms with Gasteiger partial charge in [0.1, 0.15) is 19.3 Å². The van der Waals surface area contributed by atoms with Crippen LogP contribution in [0.1, 0.15) is 188 Å². The number of ether oxygens (including phenoxy) is 1. The zero-order valence-electron chi connectivity index (χ0n) is 45.6. The van der Waals surface area contributed by atoms with Crippen LogP contribution >= 0.6 is 7.82 Å². The second-order valence-corrected chi connectivity index (χ2v) is 20.6. The van der Waals surface area contributed by atoms with Crippen LogP contribution in [0.2, 0.25) is 0 Å². The number of phosphoric acid groups is 1. The average Bonchev–Trinajstić information content (AvgIpc) is 3.33. The number of nitrogens with zero attached hydrogens (tertiary/aromatic N) is 1. The van der Waals surface area contributed by atoms with Gasteiger partial charge in [-0.1, -0.05) is 219 Å². The Morgan fingerprint density at radius 2 is 0.972 bits per heavy atom. The lowest BCUT2D eigenvalue weighted by molar-refractivity contribution is -0.870. The topological polar surface area (TPSA) is 114 Å². The highest BCUT2D eigenvalue weighted by molar-refractivity contribution is 7.45. The molecule has 0 aromatic carbocycles. The van der Waals surface area contributed by atoms with Crippen LogP contribution in [-0.2, 0) is 27.9 Å². The maximum atomic E-state index is 13.4. The molecule has 0 bridgehead atoms. The normalized spacial score (nSPS) is 14.9. The van der Waals surface area contributed by atoms with Crippen molar-refractivity contribution in [2.24, 2.45) is 0 Å². The van der Waals surface area contributed by atoms with Crippen molar-refractivity contribution in [2.75, 3.05) is 40.9 Å². The minimum atomic E-state index is -4.73. The van der Waals surface area contributed by atoms with Crippen molar-refractivity contribution >= 4 is 19.7 Å². The van der Waals surface area contributed by atoms with Crippen LogP contribution in [0.25, 0.3) is 0 Å². The predicted octanol–water partition coefficient (Wildman–Crippen LogP) is 15.9. The van der Waals surface area contributed by atoms with Crippen molar-refractivity contribution in [3.8, 4) is 0 Å². The van der Waals surface area contributed by atoms with Crippen LogP contribution in [0.4, 0.5) is 0 Å². The molecule has 402 valence electrons. The van der Waals surface area contributed by atoms with Crippen LogP contribution in [0.5, 0.6) is 0 Å². The maximum absolute atomic E-state index is 13.4. The molecular weight excluding hydrogens is 904 g/mol. The van der Waals surface area contributed by atoms with Gasteiger partial charge in [0.05, 0.1) is 33.8 Å². The molecule has 0 rings (SSSR count). The Labute approximate surface area is 435 Å². The lowest BCUT2D eigenvalue weighted by Crippen LogP contribution is -2.47. The number of hydrogen-bond acceptors (Lipinski definition) is 7. The first-order valence-electron chi connectivity index (χ1n) is 27.6. The van der Waals surface area contributed by atoms with Crippen molar-refractivity contribution < 1.29 is 37.3 Å². The minimum Gasteiger partial charge on any atom is -0.756 e. The monoisotopic (exact) mass is 1000 g/mol. The van der Waals surface area contributed by atoms with E-state index in [9.17, 15) is 19.0 Å². The predicted molar refractivity (Wildman–Crippen MR) is 302 cm³/mol. The molecule has 0 fully saturated rings. The fourth-order valence-electron chi connectivity index (χ4n) is 6.95. The Morgan fingerprint density at radius 3 is 1.54 bits per heavy atom. The molecule has 0 radical (unpaired) electrons. The molecule has 0 aliphatic rings. The van der Waals surface area contributed by atoms with Gasteiger partial charge in [-0.2, -0.15) is 0 Å². The first kappa shape index (κ1) is 67.1. The number of rotatable bonds is 47. The van der Waals surface area contributed by atoms with E-state index in [1.54, 1.807) is 6.08 Å². The average molecular weight is 1010 g/mol. The Balaban J connectivity index is 5.56. The molecule has 0 aliphatic heterocycles. The third-order valence-corrected chi connectivity index (χ3v) is 12.2. The van der Waals surface area contributed by atoms with Crippen LogP contribution in [0.15, 0.2) is 134 Å². The third kappa shape index (κ3) is 50.9. The van der Waals surface area contributed by atoms with Crippen LogP contribution in [-0.4, -0.2) is 69.4 Å². The second kappa shape index (κ2) is 49.7. The lowest BCUT2D eigenvalue weighted by atomic mass is 10.1. The number of likely N-dealkylation sites (N-methyl/N-ethyl adjacent to an activating group) is 1. The Bertz CT molecular complexity index is 1680. The van der Waals surface area contributed by atoms with Gasteiger partial charge in [0.2, 0.25) is 5.91 Å². The minimum absolute atomic E-state index is 0.0481. The summed E-state index contributed by atoms with van der Waals surface area (Å²) in [6, 6.07) is -0.942. The van der Waals surface area contributed by atoms with Gasteiger partial charge in [-0.3, -0.25) is 14.2 Å². The largest absolute Gasteiger partial charge is 0.756 e. The Morgan fingerprint density at radius 1 is 0.521 bits per heavy atom. The fraction of sp³-hybridized carbons (Fsp3) is 0.607. The van der Waals surface area contributed by atoms with Crippen molar-refractivity contribution in [3.05, 3.63) is 134 Å². The molecule has 0 aromatic rings. The summed E-state index contributed by atoms with van der Waals surface area (Å²) in [5, 5.41) is 2.97. The maximum Gasteiger partial charge on any atom is 0.306 e. The van der Waals surface area contributed by atoms with Crippen LogP contribution in [0, 0.1) is 0 Å². The number of carbonyl (C=O) groups excluding carboxylic acids is 2. The third-order valence-electron chi connectivity index (χ3n) is 11.2. The molecule has 0 saturated heterocycles. The molecule has 9 nitrogen and oxygen atoms in total. The molecule has 71 heavy (non-hydrogen) atoms. The highest BCUT2D eigenvalue weighted by Crippen LogP contribution is 2.38. The van der Waals surface area contributed by atoms with E-state index in [1.165, 1.54) is 70.6 Å². The quantitative estimate of drug-likeness (QED) is 0.0161. The van der Waals surface area contributed by atoms with Gasteiger partial charge in [-0.05, 0) is 89.5 Å². The Hall–Kier alpha value is -3.85. The van der Waals surface area contributed by atoms with Gasteiger partial charge in [-0.25, -0.2) is 0 Å². The summed E-state index contributed by atoms with van der Waals surface area (Å²) in [4.78, 5) is 39.8. The zero-order chi connectivity index (χ0) is 52.2. The number of hydrogen-bond donors (Lipinski definition) is 1. The van der Waals surface area contributed by atoms with Gasteiger partial charge in [-0.15, -0.1) is 0 Å². The van der Waals surface area contributed by atoms with E-state index in [0.29, 0.717) is 23.9 Å². The van der Waals surface area contributed by atoms with Gasteiger partial charge >= 0.3 is 5.97 Å². The van der Waals surface area contributed by atoms with Gasteiger partial charge < -0.3 is 28.5 Å². The summed E-state index contributed by atoms with van der Waals surface area (Å²) >= 11 is 0. The smallest absolute Gasteiger partial charge is 0.306 e. The Kier molecular flexibility index (Phi) is 47.0. The molecule has 0 aliphatic carbocycles. The first-order chi connectivity index (χ1) is 34.4. The molecule has 0 aromatic heterocycles. The van der Waals surface area contributed by atoms with Crippen molar-refractivity contribution in [1.82, 2.24) is 5.32 Å². The van der Waals surface area contributed by atoms with Crippen LogP contribution < -0.4 is 10.2 Å². The molecule has 0 heterocycles. The summed E-state index contributed by atoms with van der Waals surface area (Å²) in [6.45, 7) is 6.55. The number of phosphoric ester groups is 1. The number of esters is 1. The van der Waals surface area contributed by atoms with E-state index >= 15 is 0 Å². The number of carbonyl (C=O) groups is 2. The van der Waals surface area contributed by atoms with E-state index in [1.807, 2.05) is 88.0 Å². The molecule has 3 unspecified atom stereocenters. The number of nitrogens with one attached hydrogen (secondary N) is 1. The van der Waals surface area contributed by atoms with Crippen molar-refractivity contribution in [3.63, 3.8) is 0 Å². The number of quaternary nitrogens is 1. The molecule has 1 amide bonds. The van der Waals surface area contributed by atoms with Crippen molar-refractivity contribution in [2.45, 2.75) is 200 Å². The van der Waals surface area contributed by atoms with E-state index in [2.05, 4.69) is 86.8 Å². The molecule has 10 heteroatoms. The van der Waals surface area contributed by atoms with E-state index in [-0.39, 0.29) is 25.4 Å². The summed E-state index contributed by atoms with van der Waals surface area (Å²) in [6.07, 6.45) is 70.0. The molecule has 1 N–H and O–H groups in total. The van der Waals surface area contributed by atoms with Crippen LogP contribution in [0.3, 0.4) is 0 Å². The van der Waals surface area contributed by atoms with Crippen molar-refractivity contribution in [1.29, 1.82) is 0 Å².